The van der Waals surface area contributed by atoms with Crippen molar-refractivity contribution in [3.63, 3.8) is 0 Å². The molecular weight excluding hydrogens is 336 g/mol. The molecule has 148 valence electrons. The minimum absolute atomic E-state index is 0.536. The summed E-state index contributed by atoms with van der Waals surface area (Å²) < 4.78 is 0. The third kappa shape index (κ3) is 5.16. The molecular formula is C28H36. The zero-order chi connectivity index (χ0) is 19.0. The molecule has 1 unspecified atom stereocenters. The highest BCUT2D eigenvalue weighted by Crippen LogP contribution is 2.41. The molecule has 2 aliphatic carbocycles. The molecule has 1 atom stereocenters. The minimum atomic E-state index is 0.536. The van der Waals surface area contributed by atoms with Crippen LogP contribution in [0.2, 0.25) is 0 Å². The van der Waals surface area contributed by atoms with Crippen LogP contribution in [0.15, 0.2) is 72.3 Å². The Morgan fingerprint density at radius 2 is 1.29 bits per heavy atom. The lowest BCUT2D eigenvalue weighted by atomic mass is 9.72. The van der Waals surface area contributed by atoms with Crippen LogP contribution in [-0.4, -0.2) is 0 Å². The van der Waals surface area contributed by atoms with Gasteiger partial charge in [-0.1, -0.05) is 111 Å². The highest BCUT2D eigenvalue weighted by Gasteiger charge is 2.27. The largest absolute Gasteiger partial charge is 0.0813 e. The quantitative estimate of drug-likeness (QED) is 0.449. The molecule has 2 aromatic rings. The number of hydrogen-bond donors (Lipinski definition) is 0. The van der Waals surface area contributed by atoms with E-state index < -0.39 is 0 Å². The second kappa shape index (κ2) is 10.1. The third-order valence-electron chi connectivity index (χ3n) is 7.04. The van der Waals surface area contributed by atoms with Gasteiger partial charge in [-0.15, -0.1) is 0 Å². The van der Waals surface area contributed by atoms with Gasteiger partial charge in [0.15, 0.2) is 0 Å². The van der Waals surface area contributed by atoms with Gasteiger partial charge in [-0.25, -0.2) is 0 Å². The summed E-state index contributed by atoms with van der Waals surface area (Å²) >= 11 is 0. The summed E-state index contributed by atoms with van der Waals surface area (Å²) in [5.41, 5.74) is 4.77. The molecule has 0 bridgehead atoms. The van der Waals surface area contributed by atoms with E-state index in [1.165, 1.54) is 75.3 Å². The van der Waals surface area contributed by atoms with Gasteiger partial charge >= 0.3 is 0 Å². The average molecular weight is 373 g/mol. The number of benzene rings is 2. The van der Waals surface area contributed by atoms with E-state index in [9.17, 15) is 0 Å². The molecule has 0 radical (unpaired) electrons. The van der Waals surface area contributed by atoms with Gasteiger partial charge in [-0.2, -0.15) is 0 Å². The molecule has 28 heavy (non-hydrogen) atoms. The molecule has 2 fully saturated rings. The van der Waals surface area contributed by atoms with Crippen molar-refractivity contribution in [1.29, 1.82) is 0 Å². The highest BCUT2D eigenvalue weighted by molar-refractivity contribution is 5.34. The fraction of sp³-hybridized carbons (Fsp3) is 0.500. The summed E-state index contributed by atoms with van der Waals surface area (Å²) in [5.74, 6) is 2.14. The van der Waals surface area contributed by atoms with Gasteiger partial charge < -0.3 is 0 Å². The zero-order valence-electron chi connectivity index (χ0n) is 17.4. The Morgan fingerprint density at radius 1 is 0.714 bits per heavy atom. The van der Waals surface area contributed by atoms with Crippen molar-refractivity contribution in [1.82, 2.24) is 0 Å². The van der Waals surface area contributed by atoms with Crippen LogP contribution in [0.3, 0.4) is 0 Å². The maximum absolute atomic E-state index is 2.77. The summed E-state index contributed by atoms with van der Waals surface area (Å²) in [7, 11) is 0. The molecule has 4 rings (SSSR count). The first-order valence-electron chi connectivity index (χ1n) is 11.7. The van der Waals surface area contributed by atoms with Crippen LogP contribution in [0.1, 0.15) is 81.3 Å². The Morgan fingerprint density at radius 3 is 1.93 bits per heavy atom. The van der Waals surface area contributed by atoms with E-state index >= 15 is 0 Å². The predicted molar refractivity (Wildman–Crippen MR) is 121 cm³/mol. The van der Waals surface area contributed by atoms with Gasteiger partial charge in [0.1, 0.15) is 0 Å². The van der Waals surface area contributed by atoms with E-state index in [2.05, 4.69) is 66.7 Å². The average Bonchev–Trinajstić information content (AvgIpc) is 2.79. The van der Waals surface area contributed by atoms with Gasteiger partial charge in [-0.05, 0) is 55.1 Å². The second-order valence-corrected chi connectivity index (χ2v) is 9.05. The lowest BCUT2D eigenvalue weighted by Crippen LogP contribution is -2.19. The molecule has 0 heterocycles. The summed E-state index contributed by atoms with van der Waals surface area (Å²) in [4.78, 5) is 0. The third-order valence-corrected chi connectivity index (χ3v) is 7.04. The molecule has 0 amide bonds. The number of rotatable bonds is 6. The molecule has 2 aliphatic rings. The highest BCUT2D eigenvalue weighted by atomic mass is 14.3. The Labute approximate surface area is 172 Å². The van der Waals surface area contributed by atoms with E-state index in [1.807, 2.05) is 0 Å². The van der Waals surface area contributed by atoms with Gasteiger partial charge in [-0.3, -0.25) is 0 Å². The standard InChI is InChI=1S/C28H36/c1-5-13-23(14-6-1)21-27(25-17-9-3-10-18-25)28(26-19-11-4-12-20-26)22-24-15-7-2-8-16-24/h1,3,5-6,9-10,13-14,17-18,22,24,26-27H,2,4,7-8,11-12,15-16,19-21H2. The van der Waals surface area contributed by atoms with E-state index in [0.717, 1.165) is 18.3 Å². The summed E-state index contributed by atoms with van der Waals surface area (Å²) in [5, 5.41) is 0. The van der Waals surface area contributed by atoms with Crippen LogP contribution in [0, 0.1) is 11.8 Å². The fourth-order valence-electron chi connectivity index (χ4n) is 5.51. The molecule has 2 saturated carbocycles. The van der Waals surface area contributed by atoms with Crippen molar-refractivity contribution in [2.45, 2.75) is 76.5 Å². The lowest BCUT2D eigenvalue weighted by Gasteiger charge is -2.33. The topological polar surface area (TPSA) is 0 Å². The van der Waals surface area contributed by atoms with E-state index in [1.54, 1.807) is 5.57 Å². The number of allylic oxidation sites excluding steroid dienone is 2. The van der Waals surface area contributed by atoms with Gasteiger partial charge in [0.2, 0.25) is 0 Å². The molecule has 0 N–H and O–H groups in total. The van der Waals surface area contributed by atoms with Crippen molar-refractivity contribution in [2.75, 3.05) is 0 Å². The Kier molecular flexibility index (Phi) is 7.03. The maximum atomic E-state index is 2.77. The first-order chi connectivity index (χ1) is 13.9. The van der Waals surface area contributed by atoms with Crippen LogP contribution in [-0.2, 0) is 6.42 Å². The van der Waals surface area contributed by atoms with Crippen molar-refractivity contribution in [2.24, 2.45) is 11.8 Å². The van der Waals surface area contributed by atoms with E-state index in [-0.39, 0.29) is 0 Å². The Bertz CT molecular complexity index is 715. The lowest BCUT2D eigenvalue weighted by molar-refractivity contribution is 0.372. The maximum Gasteiger partial charge on any atom is 0.00914 e. The van der Waals surface area contributed by atoms with E-state index in [0.29, 0.717) is 5.92 Å². The molecule has 0 heteroatoms. The molecule has 0 saturated heterocycles. The van der Waals surface area contributed by atoms with Gasteiger partial charge in [0.05, 0.1) is 0 Å². The molecule has 0 aromatic heterocycles. The summed E-state index contributed by atoms with van der Waals surface area (Å²) in [6.45, 7) is 0. The predicted octanol–water partition coefficient (Wildman–Crippen LogP) is 8.10. The van der Waals surface area contributed by atoms with Crippen molar-refractivity contribution in [3.05, 3.63) is 83.4 Å². The van der Waals surface area contributed by atoms with Gasteiger partial charge in [0.25, 0.3) is 0 Å². The first-order valence-corrected chi connectivity index (χ1v) is 11.7. The normalized spacial score (nSPS) is 20.8. The Balaban J connectivity index is 1.69. The van der Waals surface area contributed by atoms with Gasteiger partial charge in [0, 0.05) is 5.92 Å². The van der Waals surface area contributed by atoms with Crippen molar-refractivity contribution < 1.29 is 0 Å². The fourth-order valence-corrected chi connectivity index (χ4v) is 5.51. The monoisotopic (exact) mass is 372 g/mol. The molecule has 2 aromatic carbocycles. The minimum Gasteiger partial charge on any atom is -0.0813 e. The Hall–Kier alpha value is -1.82. The molecule has 0 nitrogen and oxygen atoms in total. The second-order valence-electron chi connectivity index (χ2n) is 9.05. The summed E-state index contributed by atoms with van der Waals surface area (Å²) in [6, 6.07) is 22.5. The van der Waals surface area contributed by atoms with E-state index in [4.69, 9.17) is 0 Å². The van der Waals surface area contributed by atoms with Crippen LogP contribution >= 0.6 is 0 Å². The summed E-state index contributed by atoms with van der Waals surface area (Å²) in [6.07, 6.45) is 18.1. The molecule has 0 spiro atoms. The smallest absolute Gasteiger partial charge is 0.00914 e. The van der Waals surface area contributed by atoms with Crippen molar-refractivity contribution >= 4 is 0 Å². The van der Waals surface area contributed by atoms with Crippen molar-refractivity contribution in [3.8, 4) is 0 Å². The van der Waals surface area contributed by atoms with Crippen LogP contribution in [0.25, 0.3) is 0 Å². The zero-order valence-corrected chi connectivity index (χ0v) is 17.4. The van der Waals surface area contributed by atoms with Crippen LogP contribution < -0.4 is 0 Å². The first kappa shape index (κ1) is 19.5. The van der Waals surface area contributed by atoms with Crippen LogP contribution in [0.5, 0.6) is 0 Å². The van der Waals surface area contributed by atoms with Crippen LogP contribution in [0.4, 0.5) is 0 Å². The number of hydrogen-bond acceptors (Lipinski definition) is 0. The molecule has 0 aliphatic heterocycles. The SMILES string of the molecule is C(=C(C1CCCCC1)C(Cc1ccccc1)c1ccccc1)C1CCCCC1.